The molecule has 0 spiro atoms. The molecule has 0 atom stereocenters. The third kappa shape index (κ3) is 6.70. The first-order chi connectivity index (χ1) is 15.4. The van der Waals surface area contributed by atoms with Gasteiger partial charge in [0.2, 0.25) is 0 Å². The Morgan fingerprint density at radius 1 is 0.781 bits per heavy atom. The molecule has 0 bridgehead atoms. The van der Waals surface area contributed by atoms with E-state index in [2.05, 4.69) is 0 Å². The lowest BCUT2D eigenvalue weighted by atomic mass is 10.1. The van der Waals surface area contributed by atoms with Crippen molar-refractivity contribution in [3.63, 3.8) is 0 Å². The van der Waals surface area contributed by atoms with Gasteiger partial charge in [-0.25, -0.2) is 9.59 Å². The zero-order chi connectivity index (χ0) is 23.5. The number of rotatable bonds is 9. The Labute approximate surface area is 189 Å². The molecule has 0 aliphatic carbocycles. The van der Waals surface area contributed by atoms with E-state index in [0.29, 0.717) is 37.5 Å². The second-order valence-corrected chi connectivity index (χ2v) is 6.85. The number of allylic oxidation sites excluding steroid dienone is 1. The molecule has 2 rings (SSSR count). The predicted molar refractivity (Wildman–Crippen MR) is 124 cm³/mol. The maximum absolute atomic E-state index is 12.8. The number of benzene rings is 2. The topological polar surface area (TPSA) is 76.1 Å². The molecule has 0 aliphatic heterocycles. The van der Waals surface area contributed by atoms with Crippen molar-refractivity contribution in [2.75, 3.05) is 26.2 Å². The van der Waals surface area contributed by atoms with Gasteiger partial charge in [-0.05, 0) is 63.6 Å². The van der Waals surface area contributed by atoms with Crippen LogP contribution in [-0.2, 0) is 0 Å². The van der Waals surface area contributed by atoms with Crippen LogP contribution in [0, 0.1) is 0 Å². The molecule has 2 aromatic carbocycles. The molecule has 170 valence electrons. The normalized spacial score (nSPS) is 10.6. The molecule has 0 radical (unpaired) electrons. The second kappa shape index (κ2) is 12.3. The van der Waals surface area contributed by atoms with Crippen molar-refractivity contribution in [2.45, 2.75) is 27.7 Å². The van der Waals surface area contributed by atoms with Gasteiger partial charge in [0, 0.05) is 26.2 Å². The summed E-state index contributed by atoms with van der Waals surface area (Å²) in [7, 11) is 0. The summed E-state index contributed by atoms with van der Waals surface area (Å²) in [5.41, 5.74) is 0.981. The minimum absolute atomic E-state index is 0.209. The number of ether oxygens (including phenoxy) is 2. The lowest BCUT2D eigenvalue weighted by Crippen LogP contribution is -2.33. The molecule has 0 heterocycles. The number of para-hydroxylation sites is 1. The van der Waals surface area contributed by atoms with Crippen molar-refractivity contribution in [3.8, 4) is 11.5 Å². The zero-order valence-electron chi connectivity index (χ0n) is 19.0. The van der Waals surface area contributed by atoms with Gasteiger partial charge in [-0.15, -0.1) is 0 Å². The number of hydrogen-bond acceptors (Lipinski definition) is 5. The molecule has 0 unspecified atom stereocenters. The molecule has 2 aromatic rings. The van der Waals surface area contributed by atoms with Crippen molar-refractivity contribution in [2.24, 2.45) is 0 Å². The van der Waals surface area contributed by atoms with Crippen LogP contribution in [0.1, 0.15) is 43.6 Å². The molecule has 0 saturated heterocycles. The molecule has 7 heteroatoms. The van der Waals surface area contributed by atoms with Crippen LogP contribution in [0.15, 0.2) is 54.6 Å². The summed E-state index contributed by atoms with van der Waals surface area (Å²) < 4.78 is 10.8. The summed E-state index contributed by atoms with van der Waals surface area (Å²) in [5.74, 6) is 0.296. The van der Waals surface area contributed by atoms with Gasteiger partial charge < -0.3 is 19.3 Å². The van der Waals surface area contributed by atoms with Crippen LogP contribution in [-0.4, -0.2) is 53.9 Å². The van der Waals surface area contributed by atoms with Gasteiger partial charge in [0.05, 0.1) is 5.56 Å². The third-order valence-electron chi connectivity index (χ3n) is 4.88. The molecule has 0 aliphatic rings. The molecule has 0 fully saturated rings. The van der Waals surface area contributed by atoms with Gasteiger partial charge >= 0.3 is 12.2 Å². The number of ketones is 1. The second-order valence-electron chi connectivity index (χ2n) is 6.85. The van der Waals surface area contributed by atoms with Crippen LogP contribution in [0.4, 0.5) is 9.59 Å². The van der Waals surface area contributed by atoms with Crippen molar-refractivity contribution < 1.29 is 23.9 Å². The Balaban J connectivity index is 2.14. The minimum atomic E-state index is -0.498. The van der Waals surface area contributed by atoms with E-state index < -0.39 is 12.2 Å². The molecule has 0 saturated carbocycles. The Kier molecular flexibility index (Phi) is 9.47. The van der Waals surface area contributed by atoms with E-state index >= 15 is 0 Å². The summed E-state index contributed by atoms with van der Waals surface area (Å²) in [4.78, 5) is 40.3. The highest BCUT2D eigenvalue weighted by atomic mass is 16.6. The molecule has 0 aromatic heterocycles. The molecule has 32 heavy (non-hydrogen) atoms. The molecular weight excluding hydrogens is 408 g/mol. The van der Waals surface area contributed by atoms with E-state index in [1.54, 1.807) is 59.5 Å². The van der Waals surface area contributed by atoms with E-state index in [9.17, 15) is 14.4 Å². The average molecular weight is 439 g/mol. The lowest BCUT2D eigenvalue weighted by molar-refractivity contribution is 0.104. The van der Waals surface area contributed by atoms with Crippen LogP contribution in [0.25, 0.3) is 6.08 Å². The SMILES string of the molecule is CCN(CC)C(=O)Oc1cccc(/C=C/C(=O)c2ccccc2OC(=O)N(CC)CC)c1. The Hall–Kier alpha value is -3.61. The average Bonchev–Trinajstić information content (AvgIpc) is 2.79. The van der Waals surface area contributed by atoms with Gasteiger partial charge in [-0.2, -0.15) is 0 Å². The highest BCUT2D eigenvalue weighted by Crippen LogP contribution is 2.21. The van der Waals surface area contributed by atoms with Crippen LogP contribution in [0.5, 0.6) is 11.5 Å². The first kappa shape index (κ1) is 24.7. The quantitative estimate of drug-likeness (QED) is 0.394. The van der Waals surface area contributed by atoms with E-state index in [-0.39, 0.29) is 17.1 Å². The van der Waals surface area contributed by atoms with Gasteiger partial charge in [0.1, 0.15) is 11.5 Å². The number of carbonyl (C=O) groups is 3. The van der Waals surface area contributed by atoms with Crippen LogP contribution >= 0.6 is 0 Å². The van der Waals surface area contributed by atoms with E-state index in [1.165, 1.54) is 11.0 Å². The minimum Gasteiger partial charge on any atom is -0.410 e. The van der Waals surface area contributed by atoms with E-state index in [0.717, 1.165) is 0 Å². The van der Waals surface area contributed by atoms with Crippen LogP contribution in [0.2, 0.25) is 0 Å². The summed E-state index contributed by atoms with van der Waals surface area (Å²) in [6.07, 6.45) is 2.10. The highest BCUT2D eigenvalue weighted by molar-refractivity contribution is 6.09. The van der Waals surface area contributed by atoms with E-state index in [4.69, 9.17) is 9.47 Å². The monoisotopic (exact) mass is 438 g/mol. The zero-order valence-corrected chi connectivity index (χ0v) is 19.0. The number of nitrogens with zero attached hydrogens (tertiary/aromatic N) is 2. The van der Waals surface area contributed by atoms with Crippen LogP contribution in [0.3, 0.4) is 0 Å². The van der Waals surface area contributed by atoms with Gasteiger partial charge in [-0.3, -0.25) is 4.79 Å². The summed E-state index contributed by atoms with van der Waals surface area (Å²) in [6.45, 7) is 9.62. The highest BCUT2D eigenvalue weighted by Gasteiger charge is 2.17. The molecule has 2 amide bonds. The Bertz CT molecular complexity index is 962. The predicted octanol–water partition coefficient (Wildman–Crippen LogP) is 5.26. The largest absolute Gasteiger partial charge is 0.415 e. The standard InChI is InChI=1S/C25H30N2O5/c1-5-26(6-2)24(29)31-20-13-11-12-19(18-20)16-17-22(28)21-14-9-10-15-23(21)32-25(30)27(7-3)8-4/h9-18H,5-8H2,1-4H3/b17-16+. The summed E-state index contributed by atoms with van der Waals surface area (Å²) >= 11 is 0. The lowest BCUT2D eigenvalue weighted by Gasteiger charge is -2.18. The smallest absolute Gasteiger partial charge is 0.410 e. The first-order valence-electron chi connectivity index (χ1n) is 10.8. The van der Waals surface area contributed by atoms with E-state index in [1.807, 2.05) is 27.7 Å². The summed E-state index contributed by atoms with van der Waals surface area (Å²) in [6, 6.07) is 13.5. The Morgan fingerprint density at radius 2 is 1.38 bits per heavy atom. The molecule has 7 nitrogen and oxygen atoms in total. The van der Waals surface area contributed by atoms with Crippen molar-refractivity contribution >= 4 is 24.0 Å². The fourth-order valence-electron chi connectivity index (χ4n) is 2.99. The maximum Gasteiger partial charge on any atom is 0.415 e. The fourth-order valence-corrected chi connectivity index (χ4v) is 2.99. The molecule has 0 N–H and O–H groups in total. The van der Waals surface area contributed by atoms with Crippen molar-refractivity contribution in [1.29, 1.82) is 0 Å². The maximum atomic E-state index is 12.8. The number of amides is 2. The third-order valence-corrected chi connectivity index (χ3v) is 4.88. The van der Waals surface area contributed by atoms with Crippen molar-refractivity contribution in [1.82, 2.24) is 9.80 Å². The number of carbonyl (C=O) groups excluding carboxylic acids is 3. The van der Waals surface area contributed by atoms with Crippen LogP contribution < -0.4 is 9.47 Å². The first-order valence-corrected chi connectivity index (χ1v) is 10.8. The van der Waals surface area contributed by atoms with Gasteiger partial charge in [0.15, 0.2) is 5.78 Å². The van der Waals surface area contributed by atoms with Gasteiger partial charge in [0.25, 0.3) is 0 Å². The molecular formula is C25H30N2O5. The van der Waals surface area contributed by atoms with Gasteiger partial charge in [-0.1, -0.05) is 30.3 Å². The van der Waals surface area contributed by atoms with Crippen molar-refractivity contribution in [3.05, 3.63) is 65.7 Å². The Morgan fingerprint density at radius 3 is 2.00 bits per heavy atom. The summed E-state index contributed by atoms with van der Waals surface area (Å²) in [5, 5.41) is 0. The number of hydrogen-bond donors (Lipinski definition) is 0. The fraction of sp³-hybridized carbons (Fsp3) is 0.320.